The van der Waals surface area contributed by atoms with Crippen LogP contribution in [0.4, 0.5) is 0 Å². The van der Waals surface area contributed by atoms with Gasteiger partial charge in [0.05, 0.1) is 0 Å². The molecule has 2 radical (unpaired) electrons. The van der Waals surface area contributed by atoms with Crippen molar-refractivity contribution in [1.29, 1.82) is 0 Å². The normalized spacial score (nSPS) is 12.1. The molecule has 0 amide bonds. The maximum Gasteiger partial charge on any atom is -0.0109 e. The zero-order valence-corrected chi connectivity index (χ0v) is 12.7. The Bertz CT molecular complexity index is 259. The maximum absolute atomic E-state index is 2.28. The van der Waals surface area contributed by atoms with Gasteiger partial charge in [0.15, 0.2) is 0 Å². The van der Waals surface area contributed by atoms with Crippen molar-refractivity contribution in [3.63, 3.8) is 0 Å². The average Bonchev–Trinajstić information content (AvgIpc) is 2.38. The van der Waals surface area contributed by atoms with E-state index in [4.69, 9.17) is 0 Å². The van der Waals surface area contributed by atoms with E-state index >= 15 is 0 Å². The van der Waals surface area contributed by atoms with Crippen LogP contribution < -0.4 is 5.30 Å². The largest absolute Gasteiger partial charge is 0.0654 e. The molecular weight excluding hydrogens is 242 g/mol. The molecule has 0 unspecified atom stereocenters. The van der Waals surface area contributed by atoms with Gasteiger partial charge in [0.1, 0.15) is 0 Å². The molecule has 0 fully saturated rings. The lowest BCUT2D eigenvalue weighted by Gasteiger charge is -2.01. The number of unbranched alkanes of at least 4 members (excludes halogenated alkanes) is 6. The Morgan fingerprint density at radius 3 is 2.18 bits per heavy atom. The van der Waals surface area contributed by atoms with Gasteiger partial charge in [-0.25, -0.2) is 0 Å². The summed E-state index contributed by atoms with van der Waals surface area (Å²) in [5.74, 6) is 0. The first kappa shape index (κ1) is 15.1. The van der Waals surface area contributed by atoms with Crippen LogP contribution in [0.15, 0.2) is 30.3 Å². The van der Waals surface area contributed by atoms with Crippen molar-refractivity contribution in [2.75, 3.05) is 6.16 Å². The van der Waals surface area contributed by atoms with E-state index in [0.717, 1.165) is 0 Å². The minimum absolute atomic E-state index is 1.36. The van der Waals surface area contributed by atoms with E-state index in [1.807, 2.05) is 0 Å². The Labute approximate surface area is 110 Å². The van der Waals surface area contributed by atoms with Crippen molar-refractivity contribution in [3.05, 3.63) is 30.3 Å². The molecule has 17 heavy (non-hydrogen) atoms. The topological polar surface area (TPSA) is 0 Å². The molecular formula is C15H24P2. The van der Waals surface area contributed by atoms with Crippen LogP contribution in [0.3, 0.4) is 0 Å². The molecule has 0 atom stereocenters. The van der Waals surface area contributed by atoms with Crippen LogP contribution in [0.5, 0.6) is 0 Å². The van der Waals surface area contributed by atoms with Crippen LogP contribution in [-0.2, 0) is 0 Å². The van der Waals surface area contributed by atoms with Gasteiger partial charge in [-0.3, -0.25) is 0 Å². The first-order chi connectivity index (χ1) is 8.43. The smallest absolute Gasteiger partial charge is 0.0109 e. The van der Waals surface area contributed by atoms with Gasteiger partial charge in [-0.2, -0.15) is 0 Å². The quantitative estimate of drug-likeness (QED) is 0.367. The first-order valence-electron chi connectivity index (χ1n) is 6.86. The van der Waals surface area contributed by atoms with Gasteiger partial charge in [0.25, 0.3) is 0 Å². The third-order valence-electron chi connectivity index (χ3n) is 2.80. The fourth-order valence-corrected chi connectivity index (χ4v) is 4.31. The molecule has 0 N–H and O–H groups in total. The van der Waals surface area contributed by atoms with E-state index in [1.165, 1.54) is 64.7 Å². The molecule has 0 aliphatic carbocycles. The number of hydrogen-bond donors (Lipinski definition) is 0. The Balaban J connectivity index is 1.85. The lowest BCUT2D eigenvalue weighted by Crippen LogP contribution is -1.88. The van der Waals surface area contributed by atoms with Crippen LogP contribution in [-0.4, -0.2) is 6.16 Å². The van der Waals surface area contributed by atoms with Gasteiger partial charge < -0.3 is 0 Å². The molecule has 94 valence electrons. The van der Waals surface area contributed by atoms with Crippen LogP contribution in [0, 0.1) is 0 Å². The standard InChI is InChI=1S/C15H24P2/c1-2-3-4-5-6-7-11-14-16-17-15-12-9-8-10-13-15/h8-10,12-13H,2-7,11,14H2,1H3. The lowest BCUT2D eigenvalue weighted by atomic mass is 10.1. The van der Waals surface area contributed by atoms with Crippen molar-refractivity contribution in [1.82, 2.24) is 0 Å². The minimum atomic E-state index is 1.36. The van der Waals surface area contributed by atoms with Crippen LogP contribution in [0.1, 0.15) is 51.9 Å². The number of benzene rings is 1. The van der Waals surface area contributed by atoms with Gasteiger partial charge in [0, 0.05) is 0 Å². The van der Waals surface area contributed by atoms with E-state index < -0.39 is 0 Å². The molecule has 1 aromatic carbocycles. The monoisotopic (exact) mass is 266 g/mol. The second-order valence-corrected chi connectivity index (χ2v) is 7.32. The Hall–Kier alpha value is 0.0800. The Kier molecular flexibility index (Phi) is 9.96. The summed E-state index contributed by atoms with van der Waals surface area (Å²) in [6.45, 7) is 2.28. The van der Waals surface area contributed by atoms with Crippen LogP contribution >= 0.6 is 16.5 Å². The molecule has 2 heteroatoms. The zero-order valence-electron chi connectivity index (χ0n) is 10.9. The van der Waals surface area contributed by atoms with Crippen molar-refractivity contribution in [3.8, 4) is 0 Å². The van der Waals surface area contributed by atoms with Gasteiger partial charge in [-0.05, 0) is 34.4 Å². The Morgan fingerprint density at radius 1 is 0.824 bits per heavy atom. The molecule has 0 saturated carbocycles. The number of rotatable bonds is 10. The van der Waals surface area contributed by atoms with E-state index in [1.54, 1.807) is 8.27 Å². The SMILES string of the molecule is CCCCCCCCC[P][P]c1ccccc1. The molecule has 0 spiro atoms. The van der Waals surface area contributed by atoms with E-state index in [0.29, 0.717) is 0 Å². The molecule has 0 nitrogen and oxygen atoms in total. The second-order valence-electron chi connectivity index (χ2n) is 4.42. The Morgan fingerprint density at radius 2 is 1.47 bits per heavy atom. The highest BCUT2D eigenvalue weighted by Crippen LogP contribution is 2.36. The molecule has 0 aliphatic rings. The van der Waals surface area contributed by atoms with Crippen LogP contribution in [0.2, 0.25) is 0 Å². The molecule has 0 bridgehead atoms. The highest BCUT2D eigenvalue weighted by molar-refractivity contribution is 8.15. The third-order valence-corrected chi connectivity index (χ3v) is 5.71. The van der Waals surface area contributed by atoms with Crippen molar-refractivity contribution in [2.24, 2.45) is 0 Å². The molecule has 0 heterocycles. The fraction of sp³-hybridized carbons (Fsp3) is 0.600. The fourth-order valence-electron chi connectivity index (χ4n) is 1.77. The summed E-state index contributed by atoms with van der Waals surface area (Å²) in [7, 11) is 3.05. The zero-order chi connectivity index (χ0) is 12.2. The lowest BCUT2D eigenvalue weighted by molar-refractivity contribution is 0.603. The van der Waals surface area contributed by atoms with Crippen molar-refractivity contribution in [2.45, 2.75) is 51.9 Å². The molecule has 0 aromatic heterocycles. The van der Waals surface area contributed by atoms with Gasteiger partial charge in [-0.1, -0.05) is 75.8 Å². The van der Waals surface area contributed by atoms with Gasteiger partial charge >= 0.3 is 0 Å². The summed E-state index contributed by atoms with van der Waals surface area (Å²) in [6.07, 6.45) is 11.3. The summed E-state index contributed by atoms with van der Waals surface area (Å²) < 4.78 is 0. The predicted molar refractivity (Wildman–Crippen MR) is 82.8 cm³/mol. The minimum Gasteiger partial charge on any atom is -0.0654 e. The highest BCUT2D eigenvalue weighted by Gasteiger charge is 1.95. The van der Waals surface area contributed by atoms with Crippen molar-refractivity contribution >= 4 is 21.8 Å². The molecule has 0 aliphatic heterocycles. The van der Waals surface area contributed by atoms with Gasteiger partial charge in [-0.15, -0.1) is 0 Å². The molecule has 1 rings (SSSR count). The van der Waals surface area contributed by atoms with Crippen molar-refractivity contribution < 1.29 is 0 Å². The second kappa shape index (κ2) is 11.2. The average molecular weight is 266 g/mol. The predicted octanol–water partition coefficient (Wildman–Crippen LogP) is 5.87. The van der Waals surface area contributed by atoms with E-state index in [9.17, 15) is 0 Å². The summed E-state index contributed by atoms with van der Waals surface area (Å²) in [4.78, 5) is 0. The number of hydrogen-bond acceptors (Lipinski definition) is 0. The van der Waals surface area contributed by atoms with Gasteiger partial charge in [0.2, 0.25) is 0 Å². The molecule has 0 saturated heterocycles. The summed E-state index contributed by atoms with van der Waals surface area (Å²) >= 11 is 0. The summed E-state index contributed by atoms with van der Waals surface area (Å²) in [5, 5.41) is 1.46. The van der Waals surface area contributed by atoms with E-state index in [-0.39, 0.29) is 0 Å². The summed E-state index contributed by atoms with van der Waals surface area (Å²) in [6, 6.07) is 10.8. The summed E-state index contributed by atoms with van der Waals surface area (Å²) in [5.41, 5.74) is 0. The van der Waals surface area contributed by atoms with Crippen LogP contribution in [0.25, 0.3) is 0 Å². The highest BCUT2D eigenvalue weighted by atomic mass is 32.0. The molecule has 1 aromatic rings. The third kappa shape index (κ3) is 8.76. The van der Waals surface area contributed by atoms with E-state index in [2.05, 4.69) is 37.3 Å². The first-order valence-corrected chi connectivity index (χ1v) is 9.54. The maximum atomic E-state index is 2.28.